The molecule has 0 N–H and O–H groups in total. The highest BCUT2D eigenvalue weighted by Gasteiger charge is 2.28. The van der Waals surface area contributed by atoms with Gasteiger partial charge in [-0.2, -0.15) is 7.05 Å². The Morgan fingerprint density at radius 1 is 1.50 bits per heavy atom. The minimum atomic E-state index is -3.00. The summed E-state index contributed by atoms with van der Waals surface area (Å²) < 4.78 is 24.4. The zero-order chi connectivity index (χ0) is 6.20. The Morgan fingerprint density at radius 3 is 2.12 bits per heavy atom. The first-order valence-electron chi connectivity index (χ1n) is 2.52. The molecule has 0 aromatic carbocycles. The lowest BCUT2D eigenvalue weighted by Crippen LogP contribution is -2.01. The Labute approximate surface area is 49.1 Å². The summed E-state index contributed by atoms with van der Waals surface area (Å²) in [6.07, 6.45) is 1.61. The number of hydrogen-bond donors (Lipinski definition) is 0. The van der Waals surface area contributed by atoms with Crippen LogP contribution < -0.4 is 0 Å². The van der Waals surface area contributed by atoms with Crippen LogP contribution in [-0.2, 0) is 10.0 Å². The summed E-state index contributed by atoms with van der Waals surface area (Å²) in [5, 5.41) is -0.132. The summed E-state index contributed by atoms with van der Waals surface area (Å²) >= 11 is 0. The van der Waals surface area contributed by atoms with Gasteiger partial charge in [-0.05, 0) is 12.8 Å². The Morgan fingerprint density at radius 2 is 2.00 bits per heavy atom. The number of hydrogen-bond acceptors (Lipinski definition) is 2. The van der Waals surface area contributed by atoms with E-state index in [1.807, 2.05) is 0 Å². The third-order valence-corrected chi connectivity index (χ3v) is 3.02. The Bertz CT molecular complexity index is 168. The first-order valence-corrected chi connectivity index (χ1v) is 4.02. The highest BCUT2D eigenvalue weighted by molar-refractivity contribution is 7.94. The van der Waals surface area contributed by atoms with Crippen molar-refractivity contribution >= 4 is 10.0 Å². The molecule has 1 saturated carbocycles. The van der Waals surface area contributed by atoms with E-state index in [1.54, 1.807) is 0 Å². The molecule has 0 aliphatic heterocycles. The second kappa shape index (κ2) is 1.70. The van der Waals surface area contributed by atoms with Crippen LogP contribution in [0.1, 0.15) is 12.8 Å². The molecule has 48 valence electrons. The molecular weight excluding hydrogens is 126 g/mol. The summed E-state index contributed by atoms with van der Waals surface area (Å²) in [6.45, 7) is 0. The standard InChI is InChI=1S/C4H8NO2S/c1-5-8(6,7)4-2-3-4/h4H,2-3H2,1H3/q-1. The van der Waals surface area contributed by atoms with E-state index < -0.39 is 10.0 Å². The van der Waals surface area contributed by atoms with Crippen LogP contribution in [0.3, 0.4) is 0 Å². The molecule has 1 aliphatic carbocycles. The molecule has 0 spiro atoms. The molecule has 0 saturated heterocycles. The van der Waals surface area contributed by atoms with E-state index in [4.69, 9.17) is 0 Å². The zero-order valence-corrected chi connectivity index (χ0v) is 5.48. The van der Waals surface area contributed by atoms with Crippen LogP contribution in [0.2, 0.25) is 0 Å². The van der Waals surface area contributed by atoms with Crippen LogP contribution >= 0.6 is 0 Å². The van der Waals surface area contributed by atoms with Crippen molar-refractivity contribution < 1.29 is 8.42 Å². The maximum Gasteiger partial charge on any atom is 0.0749 e. The van der Waals surface area contributed by atoms with Gasteiger partial charge >= 0.3 is 0 Å². The average Bonchev–Trinajstić information content (AvgIpc) is 2.44. The van der Waals surface area contributed by atoms with Gasteiger partial charge in [-0.25, -0.2) is 8.42 Å². The molecule has 3 nitrogen and oxygen atoms in total. The lowest BCUT2D eigenvalue weighted by atomic mass is 11.0. The van der Waals surface area contributed by atoms with E-state index in [1.165, 1.54) is 7.05 Å². The fraction of sp³-hybridized carbons (Fsp3) is 1.00. The molecule has 0 bridgehead atoms. The van der Waals surface area contributed by atoms with Gasteiger partial charge in [0.1, 0.15) is 0 Å². The first-order chi connectivity index (χ1) is 3.67. The number of rotatable bonds is 2. The molecule has 8 heavy (non-hydrogen) atoms. The molecule has 0 atom stereocenters. The molecule has 4 heteroatoms. The summed E-state index contributed by atoms with van der Waals surface area (Å²) in [5.74, 6) is 0. The van der Waals surface area contributed by atoms with E-state index in [0.717, 1.165) is 12.8 Å². The van der Waals surface area contributed by atoms with E-state index >= 15 is 0 Å². The molecule has 1 rings (SSSR count). The maximum absolute atomic E-state index is 10.6. The van der Waals surface area contributed by atoms with Crippen LogP contribution in [0.15, 0.2) is 0 Å². The van der Waals surface area contributed by atoms with Crippen LogP contribution in [0, 0.1) is 0 Å². The third kappa shape index (κ3) is 1.00. The molecule has 0 aromatic heterocycles. The van der Waals surface area contributed by atoms with Crippen molar-refractivity contribution in [3.05, 3.63) is 4.72 Å². The van der Waals surface area contributed by atoms with Crippen molar-refractivity contribution in [2.45, 2.75) is 18.1 Å². The smallest absolute Gasteiger partial charge is 0.0749 e. The van der Waals surface area contributed by atoms with E-state index in [-0.39, 0.29) is 5.25 Å². The molecule has 0 aromatic rings. The Balaban J connectivity index is 2.65. The van der Waals surface area contributed by atoms with Crippen molar-refractivity contribution in [1.29, 1.82) is 0 Å². The summed E-state index contributed by atoms with van der Waals surface area (Å²) in [6, 6.07) is 0. The molecule has 1 aliphatic rings. The fourth-order valence-corrected chi connectivity index (χ4v) is 1.54. The SMILES string of the molecule is C[N-]S(=O)(=O)C1CC1. The van der Waals surface area contributed by atoms with Crippen molar-refractivity contribution in [3.8, 4) is 0 Å². The summed E-state index contributed by atoms with van der Waals surface area (Å²) in [7, 11) is -1.67. The van der Waals surface area contributed by atoms with Gasteiger partial charge < -0.3 is 4.72 Å². The molecule has 0 unspecified atom stereocenters. The second-order valence-electron chi connectivity index (χ2n) is 1.90. The van der Waals surface area contributed by atoms with Gasteiger partial charge in [0.05, 0.1) is 10.0 Å². The van der Waals surface area contributed by atoms with Gasteiger partial charge in [-0.1, -0.05) is 0 Å². The average molecular weight is 134 g/mol. The topological polar surface area (TPSA) is 48.2 Å². The lowest BCUT2D eigenvalue weighted by molar-refractivity contribution is 0.601. The van der Waals surface area contributed by atoms with Crippen LogP contribution in [0.5, 0.6) is 0 Å². The largest absolute Gasteiger partial charge is 0.551 e. The Kier molecular flexibility index (Phi) is 1.28. The van der Waals surface area contributed by atoms with Gasteiger partial charge in [0, 0.05) is 5.25 Å². The molecule has 0 radical (unpaired) electrons. The summed E-state index contributed by atoms with van der Waals surface area (Å²) in [5.41, 5.74) is 0. The molecule has 0 heterocycles. The maximum atomic E-state index is 10.6. The van der Waals surface area contributed by atoms with E-state index in [0.29, 0.717) is 0 Å². The summed E-state index contributed by atoms with van der Waals surface area (Å²) in [4.78, 5) is 0. The third-order valence-electron chi connectivity index (χ3n) is 1.20. The Hall–Kier alpha value is -0.0900. The quantitative estimate of drug-likeness (QED) is 0.551. The van der Waals surface area contributed by atoms with Gasteiger partial charge in [0.2, 0.25) is 0 Å². The zero-order valence-electron chi connectivity index (χ0n) is 4.66. The normalized spacial score (nSPS) is 21.1. The van der Waals surface area contributed by atoms with Crippen molar-refractivity contribution in [1.82, 2.24) is 0 Å². The second-order valence-corrected chi connectivity index (χ2v) is 3.96. The van der Waals surface area contributed by atoms with Crippen molar-refractivity contribution in [2.75, 3.05) is 7.05 Å². The molecular formula is C4H8NO2S-. The minimum Gasteiger partial charge on any atom is -0.551 e. The van der Waals surface area contributed by atoms with Gasteiger partial charge in [0.15, 0.2) is 0 Å². The van der Waals surface area contributed by atoms with Gasteiger partial charge in [-0.3, -0.25) is 0 Å². The van der Waals surface area contributed by atoms with Crippen molar-refractivity contribution in [3.63, 3.8) is 0 Å². The first kappa shape index (κ1) is 6.04. The highest BCUT2D eigenvalue weighted by atomic mass is 32.2. The van der Waals surface area contributed by atoms with Gasteiger partial charge in [0.25, 0.3) is 0 Å². The van der Waals surface area contributed by atoms with Gasteiger partial charge in [-0.15, -0.1) is 0 Å². The predicted octanol–water partition coefficient (Wildman–Crippen LogP) is 0.482. The monoisotopic (exact) mass is 134 g/mol. The minimum absolute atomic E-state index is 0.132. The van der Waals surface area contributed by atoms with Crippen molar-refractivity contribution in [2.24, 2.45) is 0 Å². The van der Waals surface area contributed by atoms with Crippen LogP contribution in [0.4, 0.5) is 0 Å². The fourth-order valence-electron chi connectivity index (χ4n) is 0.515. The number of sulfonamides is 1. The van der Waals surface area contributed by atoms with E-state index in [2.05, 4.69) is 4.72 Å². The number of nitrogens with zero attached hydrogens (tertiary/aromatic N) is 1. The predicted molar refractivity (Wildman–Crippen MR) is 31.2 cm³/mol. The van der Waals surface area contributed by atoms with Crippen LogP contribution in [0.25, 0.3) is 4.72 Å². The van der Waals surface area contributed by atoms with Crippen LogP contribution in [-0.4, -0.2) is 20.7 Å². The van der Waals surface area contributed by atoms with E-state index in [9.17, 15) is 8.42 Å². The lowest BCUT2D eigenvalue weighted by Gasteiger charge is -2.10. The molecule has 0 amide bonds. The molecule has 1 fully saturated rings. The highest BCUT2D eigenvalue weighted by Crippen LogP contribution is 2.30.